The first kappa shape index (κ1) is 12.6. The van der Waals surface area contributed by atoms with Crippen LogP contribution in [0.2, 0.25) is 0 Å². The lowest BCUT2D eigenvalue weighted by molar-refractivity contribution is -0.126. The van der Waals surface area contributed by atoms with Gasteiger partial charge in [0, 0.05) is 0 Å². The van der Waals surface area contributed by atoms with Crippen molar-refractivity contribution in [3.8, 4) is 5.75 Å². The molecule has 0 aromatic heterocycles. The van der Waals surface area contributed by atoms with E-state index in [9.17, 15) is 4.79 Å². The quantitative estimate of drug-likeness (QED) is 0.847. The Morgan fingerprint density at radius 1 is 1.25 bits per heavy atom. The Kier molecular flexibility index (Phi) is 3.93. The van der Waals surface area contributed by atoms with Crippen LogP contribution in [0.1, 0.15) is 25.0 Å². The van der Waals surface area contributed by atoms with Crippen molar-refractivity contribution in [3.05, 3.63) is 29.3 Å². The minimum Gasteiger partial charge on any atom is -0.480 e. The van der Waals surface area contributed by atoms with Crippen molar-refractivity contribution in [3.63, 3.8) is 0 Å². The van der Waals surface area contributed by atoms with Crippen molar-refractivity contribution in [2.24, 2.45) is 11.7 Å². The highest BCUT2D eigenvalue weighted by Crippen LogP contribution is 2.19. The molecule has 1 atom stereocenters. The molecule has 88 valence electrons. The number of carbonyl (C=O) groups excluding carboxylic acids is 1. The summed E-state index contributed by atoms with van der Waals surface area (Å²) in [6, 6.07) is 5.76. The van der Waals surface area contributed by atoms with Crippen molar-refractivity contribution in [1.29, 1.82) is 0 Å². The van der Waals surface area contributed by atoms with Crippen LogP contribution in [-0.2, 0) is 4.79 Å². The van der Waals surface area contributed by atoms with E-state index in [1.54, 1.807) is 0 Å². The lowest BCUT2D eigenvalue weighted by Gasteiger charge is -2.19. The SMILES string of the molecule is Cc1ccc(OC(C(N)=O)C(C)C)cc1C. The van der Waals surface area contributed by atoms with Crippen LogP contribution < -0.4 is 10.5 Å². The maximum atomic E-state index is 11.2. The van der Waals surface area contributed by atoms with Gasteiger partial charge in [-0.3, -0.25) is 4.79 Å². The zero-order valence-corrected chi connectivity index (χ0v) is 10.3. The highest BCUT2D eigenvalue weighted by atomic mass is 16.5. The molecule has 0 bridgehead atoms. The molecule has 16 heavy (non-hydrogen) atoms. The molecule has 0 radical (unpaired) electrons. The van der Waals surface area contributed by atoms with Crippen LogP contribution in [-0.4, -0.2) is 12.0 Å². The molecule has 0 saturated heterocycles. The van der Waals surface area contributed by atoms with E-state index in [1.807, 2.05) is 45.9 Å². The molecule has 3 heteroatoms. The predicted octanol–water partition coefficient (Wildman–Crippen LogP) is 2.19. The number of nitrogens with two attached hydrogens (primary N) is 1. The van der Waals surface area contributed by atoms with Crippen LogP contribution in [0, 0.1) is 19.8 Å². The summed E-state index contributed by atoms with van der Waals surface area (Å²) in [5.41, 5.74) is 7.63. The van der Waals surface area contributed by atoms with Crippen molar-refractivity contribution < 1.29 is 9.53 Å². The Labute approximate surface area is 96.6 Å². The van der Waals surface area contributed by atoms with E-state index in [0.717, 1.165) is 5.56 Å². The minimum atomic E-state index is -0.567. The molecule has 1 aromatic rings. The number of primary amides is 1. The molecule has 0 aliphatic carbocycles. The van der Waals surface area contributed by atoms with Gasteiger partial charge in [0.05, 0.1) is 0 Å². The number of hydrogen-bond donors (Lipinski definition) is 1. The summed E-state index contributed by atoms with van der Waals surface area (Å²) in [5.74, 6) is 0.341. The molecule has 0 fully saturated rings. The predicted molar refractivity (Wildman–Crippen MR) is 64.4 cm³/mol. The Morgan fingerprint density at radius 2 is 1.88 bits per heavy atom. The molecule has 0 heterocycles. The van der Waals surface area contributed by atoms with Gasteiger partial charge in [0.2, 0.25) is 0 Å². The Morgan fingerprint density at radius 3 is 2.31 bits per heavy atom. The number of rotatable bonds is 4. The Bertz CT molecular complexity index is 386. The van der Waals surface area contributed by atoms with Gasteiger partial charge in [-0.25, -0.2) is 0 Å². The highest BCUT2D eigenvalue weighted by molar-refractivity contribution is 5.79. The van der Waals surface area contributed by atoms with Gasteiger partial charge in [-0.05, 0) is 43.0 Å². The van der Waals surface area contributed by atoms with E-state index in [2.05, 4.69) is 0 Å². The number of hydrogen-bond acceptors (Lipinski definition) is 2. The standard InChI is InChI=1S/C13H19NO2/c1-8(2)12(13(14)15)16-11-6-5-9(3)10(4)7-11/h5-8,12H,1-4H3,(H2,14,15). The Hall–Kier alpha value is -1.51. The van der Waals surface area contributed by atoms with E-state index in [1.165, 1.54) is 5.56 Å². The third-order valence-electron chi connectivity index (χ3n) is 2.63. The second-order valence-electron chi connectivity index (χ2n) is 4.43. The van der Waals surface area contributed by atoms with E-state index in [0.29, 0.717) is 5.75 Å². The zero-order valence-electron chi connectivity index (χ0n) is 10.3. The lowest BCUT2D eigenvalue weighted by Crippen LogP contribution is -2.37. The summed E-state index contributed by atoms with van der Waals surface area (Å²) in [7, 11) is 0. The first-order valence-electron chi connectivity index (χ1n) is 5.45. The second kappa shape index (κ2) is 5.01. The third-order valence-corrected chi connectivity index (χ3v) is 2.63. The summed E-state index contributed by atoms with van der Waals surface area (Å²) in [6.45, 7) is 7.87. The van der Waals surface area contributed by atoms with Crippen LogP contribution in [0.5, 0.6) is 5.75 Å². The maximum Gasteiger partial charge on any atom is 0.258 e. The van der Waals surface area contributed by atoms with Gasteiger partial charge in [0.25, 0.3) is 5.91 Å². The third kappa shape index (κ3) is 2.99. The first-order chi connectivity index (χ1) is 7.41. The van der Waals surface area contributed by atoms with Gasteiger partial charge in [0.15, 0.2) is 6.10 Å². The largest absolute Gasteiger partial charge is 0.480 e. The normalized spacial score (nSPS) is 12.6. The molecule has 0 spiro atoms. The van der Waals surface area contributed by atoms with Crippen LogP contribution >= 0.6 is 0 Å². The van der Waals surface area contributed by atoms with Crippen LogP contribution in [0.3, 0.4) is 0 Å². The van der Waals surface area contributed by atoms with Gasteiger partial charge < -0.3 is 10.5 Å². The Balaban J connectivity index is 2.86. The van der Waals surface area contributed by atoms with Crippen molar-refractivity contribution in [1.82, 2.24) is 0 Å². The maximum absolute atomic E-state index is 11.2. The fraction of sp³-hybridized carbons (Fsp3) is 0.462. The highest BCUT2D eigenvalue weighted by Gasteiger charge is 2.21. The van der Waals surface area contributed by atoms with Crippen LogP contribution in [0.15, 0.2) is 18.2 Å². The number of carbonyl (C=O) groups is 1. The lowest BCUT2D eigenvalue weighted by atomic mass is 10.1. The molecule has 0 saturated carbocycles. The fourth-order valence-corrected chi connectivity index (χ4v) is 1.46. The smallest absolute Gasteiger partial charge is 0.258 e. The van der Waals surface area contributed by atoms with Crippen LogP contribution in [0.4, 0.5) is 0 Å². The summed E-state index contributed by atoms with van der Waals surface area (Å²) in [4.78, 5) is 11.2. The number of aryl methyl sites for hydroxylation is 2. The van der Waals surface area contributed by atoms with E-state index >= 15 is 0 Å². The molecule has 1 unspecified atom stereocenters. The van der Waals surface area contributed by atoms with Gasteiger partial charge >= 0.3 is 0 Å². The van der Waals surface area contributed by atoms with E-state index < -0.39 is 12.0 Å². The molecule has 0 aliphatic rings. The first-order valence-corrected chi connectivity index (χ1v) is 5.45. The van der Waals surface area contributed by atoms with Crippen molar-refractivity contribution in [2.45, 2.75) is 33.8 Å². The number of amides is 1. The summed E-state index contributed by atoms with van der Waals surface area (Å²) >= 11 is 0. The molecule has 3 nitrogen and oxygen atoms in total. The fourth-order valence-electron chi connectivity index (χ4n) is 1.46. The zero-order chi connectivity index (χ0) is 12.3. The van der Waals surface area contributed by atoms with Gasteiger partial charge in [-0.2, -0.15) is 0 Å². The molecule has 1 aromatic carbocycles. The average Bonchev–Trinajstić information content (AvgIpc) is 2.18. The summed E-state index contributed by atoms with van der Waals surface area (Å²) < 4.78 is 5.60. The van der Waals surface area contributed by atoms with Gasteiger partial charge in [0.1, 0.15) is 5.75 Å². The van der Waals surface area contributed by atoms with E-state index in [4.69, 9.17) is 10.5 Å². The number of ether oxygens (including phenoxy) is 1. The van der Waals surface area contributed by atoms with Gasteiger partial charge in [-0.1, -0.05) is 19.9 Å². The van der Waals surface area contributed by atoms with Crippen LogP contribution in [0.25, 0.3) is 0 Å². The summed E-state index contributed by atoms with van der Waals surface area (Å²) in [6.07, 6.45) is -0.567. The second-order valence-corrected chi connectivity index (χ2v) is 4.43. The molecular weight excluding hydrogens is 202 g/mol. The topological polar surface area (TPSA) is 52.3 Å². The molecule has 2 N–H and O–H groups in total. The number of benzene rings is 1. The van der Waals surface area contributed by atoms with Crippen molar-refractivity contribution in [2.75, 3.05) is 0 Å². The molecule has 1 rings (SSSR count). The molecule has 0 aliphatic heterocycles. The summed E-state index contributed by atoms with van der Waals surface area (Å²) in [5, 5.41) is 0. The average molecular weight is 221 g/mol. The monoisotopic (exact) mass is 221 g/mol. The van der Waals surface area contributed by atoms with Crippen molar-refractivity contribution >= 4 is 5.91 Å². The molecule has 1 amide bonds. The van der Waals surface area contributed by atoms with E-state index in [-0.39, 0.29) is 5.92 Å². The molecular formula is C13H19NO2. The van der Waals surface area contributed by atoms with Gasteiger partial charge in [-0.15, -0.1) is 0 Å². The minimum absolute atomic E-state index is 0.0686.